The summed E-state index contributed by atoms with van der Waals surface area (Å²) >= 11 is 0. The Hall–Kier alpha value is -2.00. The molecule has 0 amide bonds. The molecule has 0 saturated carbocycles. The molecule has 1 aromatic rings. The summed E-state index contributed by atoms with van der Waals surface area (Å²) in [4.78, 5) is 3.22. The summed E-state index contributed by atoms with van der Waals surface area (Å²) < 4.78 is 77.5. The van der Waals surface area contributed by atoms with Crippen LogP contribution in [0, 0.1) is 5.41 Å². The van der Waals surface area contributed by atoms with Gasteiger partial charge in [0, 0.05) is 6.20 Å². The molecule has 0 saturated heterocycles. The molecule has 1 rings (SSSR count). The SMILES string of the molecule is N=C(N)c1cccnc1OC(C(F)(F)F)C(F)(F)F. The average Bonchev–Trinajstić information content (AvgIpc) is 2.23. The van der Waals surface area contributed by atoms with Crippen LogP contribution in [0.4, 0.5) is 26.3 Å². The number of nitrogen functional groups attached to an aromatic ring is 1. The van der Waals surface area contributed by atoms with Crippen molar-refractivity contribution < 1.29 is 31.1 Å². The second-order valence-electron chi connectivity index (χ2n) is 3.35. The minimum absolute atomic E-state index is 0.457. The van der Waals surface area contributed by atoms with E-state index in [-0.39, 0.29) is 0 Å². The van der Waals surface area contributed by atoms with Crippen LogP contribution >= 0.6 is 0 Å². The molecule has 0 atom stereocenters. The lowest BCUT2D eigenvalue weighted by Crippen LogP contribution is -2.47. The van der Waals surface area contributed by atoms with Crippen LogP contribution in [0.25, 0.3) is 0 Å². The van der Waals surface area contributed by atoms with E-state index in [0.717, 1.165) is 12.3 Å². The van der Waals surface area contributed by atoms with Crippen molar-refractivity contribution in [3.05, 3.63) is 23.9 Å². The first-order valence-electron chi connectivity index (χ1n) is 4.63. The summed E-state index contributed by atoms with van der Waals surface area (Å²) in [5.74, 6) is -1.76. The molecule has 10 heteroatoms. The first-order valence-corrected chi connectivity index (χ1v) is 4.63. The Labute approximate surface area is 102 Å². The lowest BCUT2D eigenvalue weighted by molar-refractivity contribution is -0.300. The molecule has 0 radical (unpaired) electrons. The largest absolute Gasteiger partial charge is 0.454 e. The Balaban J connectivity index is 3.15. The predicted molar refractivity (Wildman–Crippen MR) is 51.8 cm³/mol. The Kier molecular flexibility index (Phi) is 3.91. The van der Waals surface area contributed by atoms with Crippen molar-refractivity contribution in [3.8, 4) is 5.88 Å². The third kappa shape index (κ3) is 3.73. The molecule has 1 aromatic heterocycles. The van der Waals surface area contributed by atoms with E-state index in [1.807, 2.05) is 0 Å². The van der Waals surface area contributed by atoms with Crippen molar-refractivity contribution in [1.29, 1.82) is 5.41 Å². The summed E-state index contributed by atoms with van der Waals surface area (Å²) in [6.45, 7) is 0. The number of halogens is 6. The van der Waals surface area contributed by atoms with Crippen LogP contribution in [0.2, 0.25) is 0 Å². The summed E-state index contributed by atoms with van der Waals surface area (Å²) in [6, 6.07) is 2.22. The molecule has 4 nitrogen and oxygen atoms in total. The molecule has 0 unspecified atom stereocenters. The van der Waals surface area contributed by atoms with Crippen molar-refractivity contribution in [3.63, 3.8) is 0 Å². The number of hydrogen-bond donors (Lipinski definition) is 2. The number of pyridine rings is 1. The number of amidine groups is 1. The first kappa shape index (κ1) is 15.1. The van der Waals surface area contributed by atoms with Crippen LogP contribution in [0.3, 0.4) is 0 Å². The summed E-state index contributed by atoms with van der Waals surface area (Å²) in [5.41, 5.74) is 4.55. The van der Waals surface area contributed by atoms with Gasteiger partial charge in [-0.3, -0.25) is 5.41 Å². The summed E-state index contributed by atoms with van der Waals surface area (Å²) in [6.07, 6.45) is -14.4. The molecule has 19 heavy (non-hydrogen) atoms. The van der Waals surface area contributed by atoms with E-state index in [0.29, 0.717) is 0 Å². The van der Waals surface area contributed by atoms with Crippen molar-refractivity contribution in [1.82, 2.24) is 4.98 Å². The number of aromatic nitrogens is 1. The van der Waals surface area contributed by atoms with Gasteiger partial charge in [0.1, 0.15) is 5.84 Å². The minimum Gasteiger partial charge on any atom is -0.454 e. The second kappa shape index (κ2) is 4.94. The van der Waals surface area contributed by atoms with Gasteiger partial charge < -0.3 is 10.5 Å². The molecule has 0 aliphatic carbocycles. The second-order valence-corrected chi connectivity index (χ2v) is 3.35. The Morgan fingerprint density at radius 2 is 1.74 bits per heavy atom. The number of rotatable bonds is 3. The van der Waals surface area contributed by atoms with Crippen LogP contribution in [0.15, 0.2) is 18.3 Å². The molecular weight excluding hydrogens is 280 g/mol. The number of alkyl halides is 6. The Morgan fingerprint density at radius 1 is 1.21 bits per heavy atom. The van der Waals surface area contributed by atoms with Gasteiger partial charge in [-0.1, -0.05) is 0 Å². The Bertz CT molecular complexity index is 456. The van der Waals surface area contributed by atoms with E-state index in [9.17, 15) is 26.3 Å². The molecule has 0 aromatic carbocycles. The molecule has 0 aliphatic rings. The van der Waals surface area contributed by atoms with Crippen LogP contribution in [0.1, 0.15) is 5.56 Å². The fourth-order valence-electron chi connectivity index (χ4n) is 1.12. The Morgan fingerprint density at radius 3 is 2.16 bits per heavy atom. The number of nitrogens with one attached hydrogen (secondary N) is 1. The van der Waals surface area contributed by atoms with Crippen molar-refractivity contribution in [2.24, 2.45) is 5.73 Å². The average molecular weight is 287 g/mol. The smallest absolute Gasteiger partial charge is 0.434 e. The van der Waals surface area contributed by atoms with Crippen molar-refractivity contribution in [2.45, 2.75) is 18.5 Å². The molecule has 106 valence electrons. The van der Waals surface area contributed by atoms with Gasteiger partial charge in [0.15, 0.2) is 0 Å². The topological polar surface area (TPSA) is 72.0 Å². The molecule has 3 N–H and O–H groups in total. The van der Waals surface area contributed by atoms with E-state index in [2.05, 4.69) is 9.72 Å². The highest BCUT2D eigenvalue weighted by atomic mass is 19.4. The molecule has 0 spiro atoms. The predicted octanol–water partition coefficient (Wildman–Crippen LogP) is 2.24. The lowest BCUT2D eigenvalue weighted by atomic mass is 10.2. The standard InChI is InChI=1S/C9H7F6N3O/c10-8(11,12)7(9(13,14)15)19-6-4(5(16)17)2-1-3-18-6/h1-3,7H,(H3,16,17). The maximum absolute atomic E-state index is 12.3. The zero-order valence-corrected chi connectivity index (χ0v) is 9.01. The maximum Gasteiger partial charge on any atom is 0.434 e. The van der Waals surface area contributed by atoms with Gasteiger partial charge in [0.05, 0.1) is 5.56 Å². The highest BCUT2D eigenvalue weighted by Gasteiger charge is 2.59. The van der Waals surface area contributed by atoms with E-state index in [1.165, 1.54) is 6.07 Å². The molecule has 0 fully saturated rings. The van der Waals surface area contributed by atoms with Crippen molar-refractivity contribution in [2.75, 3.05) is 0 Å². The van der Waals surface area contributed by atoms with Crippen LogP contribution in [-0.4, -0.2) is 29.3 Å². The lowest BCUT2D eigenvalue weighted by Gasteiger charge is -2.24. The quantitative estimate of drug-likeness (QED) is 0.509. The fourth-order valence-corrected chi connectivity index (χ4v) is 1.12. The third-order valence-corrected chi connectivity index (χ3v) is 1.89. The summed E-state index contributed by atoms with van der Waals surface area (Å²) in [5, 5.41) is 7.03. The van der Waals surface area contributed by atoms with Crippen molar-refractivity contribution >= 4 is 5.84 Å². The maximum atomic E-state index is 12.3. The van der Waals surface area contributed by atoms with Crippen LogP contribution < -0.4 is 10.5 Å². The number of nitrogens with zero attached hydrogens (tertiary/aromatic N) is 1. The van der Waals surface area contributed by atoms with Gasteiger partial charge in [-0.2, -0.15) is 26.3 Å². The number of ether oxygens (including phenoxy) is 1. The normalized spacial score (nSPS) is 12.6. The third-order valence-electron chi connectivity index (χ3n) is 1.89. The van der Waals surface area contributed by atoms with Gasteiger partial charge in [0.2, 0.25) is 5.88 Å². The van der Waals surface area contributed by atoms with E-state index in [1.54, 1.807) is 0 Å². The fraction of sp³-hybridized carbons (Fsp3) is 0.333. The molecule has 1 heterocycles. The van der Waals surface area contributed by atoms with Crippen LogP contribution in [-0.2, 0) is 0 Å². The van der Waals surface area contributed by atoms with E-state index < -0.39 is 35.7 Å². The van der Waals surface area contributed by atoms with Gasteiger partial charge in [-0.25, -0.2) is 4.98 Å². The number of hydrogen-bond acceptors (Lipinski definition) is 3. The van der Waals surface area contributed by atoms with E-state index >= 15 is 0 Å². The number of nitrogens with two attached hydrogens (primary N) is 1. The monoisotopic (exact) mass is 287 g/mol. The molecule has 0 bridgehead atoms. The van der Waals surface area contributed by atoms with E-state index in [4.69, 9.17) is 11.1 Å². The highest BCUT2D eigenvalue weighted by Crippen LogP contribution is 2.36. The van der Waals surface area contributed by atoms with Gasteiger partial charge in [-0.05, 0) is 12.1 Å². The highest BCUT2D eigenvalue weighted by molar-refractivity contribution is 5.96. The zero-order chi connectivity index (χ0) is 14.8. The summed E-state index contributed by atoms with van der Waals surface area (Å²) in [7, 11) is 0. The van der Waals surface area contributed by atoms with Gasteiger partial charge in [0.25, 0.3) is 6.10 Å². The zero-order valence-electron chi connectivity index (χ0n) is 9.01. The molecular formula is C9H7F6N3O. The van der Waals surface area contributed by atoms with Gasteiger partial charge in [-0.15, -0.1) is 0 Å². The minimum atomic E-state index is -5.66. The van der Waals surface area contributed by atoms with Gasteiger partial charge >= 0.3 is 12.4 Å². The molecule has 0 aliphatic heterocycles. The first-order chi connectivity index (χ1) is 8.53. The van der Waals surface area contributed by atoms with Crippen LogP contribution in [0.5, 0.6) is 5.88 Å².